The molecule has 0 radical (unpaired) electrons. The van der Waals surface area contributed by atoms with Crippen molar-refractivity contribution in [3.05, 3.63) is 30.5 Å². The molecular formula is C9H9ClN4. The fourth-order valence-electron chi connectivity index (χ4n) is 1.27. The third kappa shape index (κ3) is 1.48. The molecule has 2 rings (SSSR count). The second kappa shape index (κ2) is 3.75. The van der Waals surface area contributed by atoms with Gasteiger partial charge in [0, 0.05) is 6.54 Å². The van der Waals surface area contributed by atoms with Gasteiger partial charge in [-0.2, -0.15) is 0 Å². The molecule has 2 aromatic heterocycles. The maximum Gasteiger partial charge on any atom is 0.182 e. The molecule has 0 aliphatic carbocycles. The Morgan fingerprint density at radius 3 is 3.07 bits per heavy atom. The highest BCUT2D eigenvalue weighted by atomic mass is 35.5. The second-order valence-corrected chi connectivity index (χ2v) is 3.21. The number of aromatic nitrogens is 4. The molecule has 0 N–H and O–H groups in total. The van der Waals surface area contributed by atoms with Crippen molar-refractivity contribution in [2.75, 3.05) is 0 Å². The van der Waals surface area contributed by atoms with Crippen LogP contribution in [0.2, 0.25) is 5.15 Å². The molecule has 0 aromatic carbocycles. The van der Waals surface area contributed by atoms with Gasteiger partial charge in [-0.05, 0) is 6.42 Å². The third-order valence-electron chi connectivity index (χ3n) is 1.94. The number of fused-ring (bicyclic) bond motifs is 1. The number of halogens is 1. The summed E-state index contributed by atoms with van der Waals surface area (Å²) in [6.07, 6.45) is 5.85. The van der Waals surface area contributed by atoms with Crippen molar-refractivity contribution < 1.29 is 0 Å². The average molecular weight is 209 g/mol. The molecule has 4 nitrogen and oxygen atoms in total. The van der Waals surface area contributed by atoms with E-state index in [1.54, 1.807) is 6.33 Å². The van der Waals surface area contributed by atoms with Crippen LogP contribution in [0.25, 0.3) is 11.2 Å². The summed E-state index contributed by atoms with van der Waals surface area (Å²) in [5, 5.41) is 0.441. The lowest BCUT2D eigenvalue weighted by atomic mass is 10.4. The zero-order valence-electron chi connectivity index (χ0n) is 7.52. The van der Waals surface area contributed by atoms with Crippen molar-refractivity contribution in [1.82, 2.24) is 19.5 Å². The third-order valence-corrected chi connectivity index (χ3v) is 2.22. The van der Waals surface area contributed by atoms with Crippen LogP contribution in [0.5, 0.6) is 0 Å². The van der Waals surface area contributed by atoms with E-state index in [9.17, 15) is 0 Å². The van der Waals surface area contributed by atoms with E-state index < -0.39 is 0 Å². The molecule has 0 unspecified atom stereocenters. The SMILES string of the molecule is C=CCCn1cnc2ncnc(Cl)c21. The van der Waals surface area contributed by atoms with Crippen LogP contribution in [0.4, 0.5) is 0 Å². The Kier molecular flexibility index (Phi) is 2.45. The maximum atomic E-state index is 5.94. The van der Waals surface area contributed by atoms with Gasteiger partial charge < -0.3 is 4.57 Å². The van der Waals surface area contributed by atoms with E-state index in [0.29, 0.717) is 10.8 Å². The summed E-state index contributed by atoms with van der Waals surface area (Å²) < 4.78 is 1.93. The summed E-state index contributed by atoms with van der Waals surface area (Å²) >= 11 is 5.94. The highest BCUT2D eigenvalue weighted by molar-refractivity contribution is 6.33. The Morgan fingerprint density at radius 2 is 2.29 bits per heavy atom. The lowest BCUT2D eigenvalue weighted by Gasteiger charge is -2.01. The first kappa shape index (κ1) is 9.15. The van der Waals surface area contributed by atoms with Gasteiger partial charge in [0.05, 0.1) is 6.33 Å². The first-order valence-electron chi connectivity index (χ1n) is 4.25. The largest absolute Gasteiger partial charge is 0.326 e. The van der Waals surface area contributed by atoms with Gasteiger partial charge in [-0.25, -0.2) is 15.0 Å². The molecular weight excluding hydrogens is 200 g/mol. The number of hydrogen-bond donors (Lipinski definition) is 0. The normalized spacial score (nSPS) is 10.6. The van der Waals surface area contributed by atoms with E-state index in [2.05, 4.69) is 21.5 Å². The lowest BCUT2D eigenvalue weighted by molar-refractivity contribution is 0.730. The van der Waals surface area contributed by atoms with Crippen molar-refractivity contribution in [3.63, 3.8) is 0 Å². The summed E-state index contributed by atoms with van der Waals surface area (Å²) in [5.74, 6) is 0. The Labute approximate surface area is 86.3 Å². The van der Waals surface area contributed by atoms with E-state index in [1.807, 2.05) is 10.6 Å². The minimum atomic E-state index is 0.441. The molecule has 0 fully saturated rings. The summed E-state index contributed by atoms with van der Waals surface area (Å²) in [7, 11) is 0. The molecule has 2 aromatic rings. The van der Waals surface area contributed by atoms with Crippen molar-refractivity contribution in [3.8, 4) is 0 Å². The van der Waals surface area contributed by atoms with Crippen LogP contribution in [-0.2, 0) is 6.54 Å². The number of hydrogen-bond acceptors (Lipinski definition) is 3. The Morgan fingerprint density at radius 1 is 1.43 bits per heavy atom. The van der Waals surface area contributed by atoms with Gasteiger partial charge >= 0.3 is 0 Å². The van der Waals surface area contributed by atoms with E-state index in [0.717, 1.165) is 18.5 Å². The lowest BCUT2D eigenvalue weighted by Crippen LogP contribution is -1.96. The van der Waals surface area contributed by atoms with Gasteiger partial charge in [-0.1, -0.05) is 17.7 Å². The maximum absolute atomic E-state index is 5.94. The Hall–Kier alpha value is -1.42. The Bertz CT molecular complexity index is 463. The van der Waals surface area contributed by atoms with Gasteiger partial charge in [0.25, 0.3) is 0 Å². The number of imidazole rings is 1. The first-order chi connectivity index (χ1) is 6.83. The molecule has 0 saturated heterocycles. The average Bonchev–Trinajstić information content (AvgIpc) is 2.59. The van der Waals surface area contributed by atoms with Gasteiger partial charge in [0.2, 0.25) is 0 Å². The molecule has 0 spiro atoms. The molecule has 0 aliphatic heterocycles. The van der Waals surface area contributed by atoms with Crippen LogP contribution >= 0.6 is 11.6 Å². The van der Waals surface area contributed by atoms with Crippen molar-refractivity contribution in [1.29, 1.82) is 0 Å². The molecule has 2 heterocycles. The van der Waals surface area contributed by atoms with Crippen LogP contribution in [0.1, 0.15) is 6.42 Å². The molecule has 0 saturated carbocycles. The number of aryl methyl sites for hydroxylation is 1. The van der Waals surface area contributed by atoms with Gasteiger partial charge in [0.1, 0.15) is 11.8 Å². The van der Waals surface area contributed by atoms with E-state index in [-0.39, 0.29) is 0 Å². The minimum Gasteiger partial charge on any atom is -0.326 e. The molecule has 0 atom stereocenters. The first-order valence-corrected chi connectivity index (χ1v) is 4.63. The molecule has 5 heteroatoms. The fraction of sp³-hybridized carbons (Fsp3) is 0.222. The van der Waals surface area contributed by atoms with Gasteiger partial charge in [-0.3, -0.25) is 0 Å². The fourth-order valence-corrected chi connectivity index (χ4v) is 1.51. The van der Waals surface area contributed by atoms with Crippen LogP contribution in [0.3, 0.4) is 0 Å². The standard InChI is InChI=1S/C9H9ClN4/c1-2-3-4-14-6-13-9-7(14)8(10)11-5-12-9/h2,5-6H,1,3-4H2. The smallest absolute Gasteiger partial charge is 0.182 e. The molecule has 0 aliphatic rings. The van der Waals surface area contributed by atoms with E-state index >= 15 is 0 Å². The molecule has 72 valence electrons. The highest BCUT2D eigenvalue weighted by Crippen LogP contribution is 2.18. The predicted octanol–water partition coefficient (Wildman–Crippen LogP) is 2.06. The topological polar surface area (TPSA) is 43.6 Å². The quantitative estimate of drug-likeness (QED) is 0.573. The number of rotatable bonds is 3. The monoisotopic (exact) mass is 208 g/mol. The van der Waals surface area contributed by atoms with Gasteiger partial charge in [-0.15, -0.1) is 6.58 Å². The molecule has 0 amide bonds. The van der Waals surface area contributed by atoms with Crippen molar-refractivity contribution >= 4 is 22.8 Å². The molecule has 14 heavy (non-hydrogen) atoms. The van der Waals surface area contributed by atoms with Crippen LogP contribution < -0.4 is 0 Å². The van der Waals surface area contributed by atoms with E-state index in [1.165, 1.54) is 6.33 Å². The summed E-state index contributed by atoms with van der Waals surface area (Å²) in [6.45, 7) is 4.46. The molecule has 0 bridgehead atoms. The van der Waals surface area contributed by atoms with Crippen LogP contribution in [0.15, 0.2) is 25.3 Å². The minimum absolute atomic E-state index is 0.441. The van der Waals surface area contributed by atoms with Crippen molar-refractivity contribution in [2.45, 2.75) is 13.0 Å². The zero-order chi connectivity index (χ0) is 9.97. The van der Waals surface area contributed by atoms with E-state index in [4.69, 9.17) is 11.6 Å². The predicted molar refractivity (Wildman–Crippen MR) is 55.1 cm³/mol. The number of nitrogens with zero attached hydrogens (tertiary/aromatic N) is 4. The summed E-state index contributed by atoms with van der Waals surface area (Å²) in [4.78, 5) is 12.1. The Balaban J connectivity index is 2.50. The highest BCUT2D eigenvalue weighted by Gasteiger charge is 2.07. The summed E-state index contributed by atoms with van der Waals surface area (Å²) in [6, 6.07) is 0. The van der Waals surface area contributed by atoms with Crippen molar-refractivity contribution in [2.24, 2.45) is 0 Å². The summed E-state index contributed by atoms with van der Waals surface area (Å²) in [5.41, 5.74) is 1.42. The van der Waals surface area contributed by atoms with Gasteiger partial charge in [0.15, 0.2) is 10.8 Å². The van der Waals surface area contributed by atoms with Crippen LogP contribution in [0, 0.1) is 0 Å². The second-order valence-electron chi connectivity index (χ2n) is 2.85. The van der Waals surface area contributed by atoms with Crippen LogP contribution in [-0.4, -0.2) is 19.5 Å². The zero-order valence-corrected chi connectivity index (χ0v) is 8.28. The number of allylic oxidation sites excluding steroid dienone is 1.